The predicted molar refractivity (Wildman–Crippen MR) is 110 cm³/mol. The number of fused-ring (bicyclic) bond motifs is 1. The highest BCUT2D eigenvalue weighted by atomic mass is 19.4. The monoisotopic (exact) mass is 425 g/mol. The van der Waals surface area contributed by atoms with Gasteiger partial charge in [0.1, 0.15) is 11.5 Å². The number of alkyl halides is 3. The van der Waals surface area contributed by atoms with Gasteiger partial charge in [0, 0.05) is 25.0 Å². The van der Waals surface area contributed by atoms with Crippen molar-refractivity contribution >= 4 is 17.4 Å². The standard InChI is InChI=1S/C22H18F3N5O/c1-3-14-4-9-19(27-10-14)29(2)21(31)17-13-30-18(11-28-20(30)12-26-17)15-5-7-16(8-6-15)22(23,24)25/h4-13H,3H2,1-2H3. The molecule has 0 radical (unpaired) electrons. The Balaban J connectivity index is 1.67. The molecule has 1 aromatic carbocycles. The summed E-state index contributed by atoms with van der Waals surface area (Å²) in [5.74, 6) is 0.114. The van der Waals surface area contributed by atoms with Gasteiger partial charge in [0.05, 0.1) is 23.7 Å². The van der Waals surface area contributed by atoms with Gasteiger partial charge < -0.3 is 0 Å². The maximum atomic E-state index is 12.9. The van der Waals surface area contributed by atoms with E-state index in [9.17, 15) is 18.0 Å². The van der Waals surface area contributed by atoms with E-state index in [1.807, 2.05) is 13.0 Å². The number of carbonyl (C=O) groups is 1. The zero-order valence-corrected chi connectivity index (χ0v) is 16.8. The number of rotatable bonds is 4. The van der Waals surface area contributed by atoms with Gasteiger partial charge in [-0.25, -0.2) is 15.0 Å². The number of aryl methyl sites for hydroxylation is 1. The molecule has 6 nitrogen and oxygen atoms in total. The third-order valence-electron chi connectivity index (χ3n) is 4.99. The van der Waals surface area contributed by atoms with E-state index in [0.717, 1.165) is 24.1 Å². The molecule has 0 aliphatic carbocycles. The Morgan fingerprint density at radius 2 is 1.74 bits per heavy atom. The second-order valence-electron chi connectivity index (χ2n) is 6.96. The highest BCUT2D eigenvalue weighted by Crippen LogP contribution is 2.31. The summed E-state index contributed by atoms with van der Waals surface area (Å²) in [4.78, 5) is 27.1. The molecule has 4 rings (SSSR count). The highest BCUT2D eigenvalue weighted by Gasteiger charge is 2.30. The van der Waals surface area contributed by atoms with Crippen LogP contribution in [0.2, 0.25) is 0 Å². The van der Waals surface area contributed by atoms with E-state index in [1.165, 1.54) is 35.6 Å². The van der Waals surface area contributed by atoms with Gasteiger partial charge in [-0.3, -0.25) is 14.1 Å². The summed E-state index contributed by atoms with van der Waals surface area (Å²) in [6.45, 7) is 2.02. The number of amides is 1. The van der Waals surface area contributed by atoms with Crippen LogP contribution in [0.5, 0.6) is 0 Å². The normalized spacial score (nSPS) is 11.6. The average Bonchev–Trinajstić information content (AvgIpc) is 3.21. The molecule has 9 heteroatoms. The smallest absolute Gasteiger partial charge is 0.296 e. The zero-order valence-electron chi connectivity index (χ0n) is 16.8. The van der Waals surface area contributed by atoms with Crippen LogP contribution in [0.3, 0.4) is 0 Å². The van der Waals surface area contributed by atoms with Gasteiger partial charge in [-0.2, -0.15) is 13.2 Å². The summed E-state index contributed by atoms with van der Waals surface area (Å²) in [5.41, 5.74) is 2.04. The number of imidazole rings is 1. The van der Waals surface area contributed by atoms with E-state index in [-0.39, 0.29) is 11.6 Å². The van der Waals surface area contributed by atoms with E-state index in [1.54, 1.807) is 23.7 Å². The van der Waals surface area contributed by atoms with Gasteiger partial charge in [-0.05, 0) is 30.2 Å². The first-order valence-corrected chi connectivity index (χ1v) is 9.51. The van der Waals surface area contributed by atoms with Crippen LogP contribution < -0.4 is 4.90 Å². The molecular formula is C22H18F3N5O. The number of anilines is 1. The van der Waals surface area contributed by atoms with Crippen molar-refractivity contribution in [2.45, 2.75) is 19.5 Å². The van der Waals surface area contributed by atoms with Gasteiger partial charge in [0.15, 0.2) is 5.65 Å². The van der Waals surface area contributed by atoms with Crippen LogP contribution in [0.25, 0.3) is 16.9 Å². The zero-order chi connectivity index (χ0) is 22.2. The molecule has 0 aliphatic rings. The van der Waals surface area contributed by atoms with Crippen molar-refractivity contribution in [3.05, 3.63) is 78.0 Å². The second kappa shape index (κ2) is 7.82. The molecule has 31 heavy (non-hydrogen) atoms. The Kier molecular flexibility index (Phi) is 5.18. The minimum atomic E-state index is -4.41. The van der Waals surface area contributed by atoms with E-state index in [2.05, 4.69) is 15.0 Å². The molecule has 0 bridgehead atoms. The molecule has 158 valence electrons. The fourth-order valence-corrected chi connectivity index (χ4v) is 3.14. The SMILES string of the molecule is CCc1ccc(N(C)C(=O)c2cn3c(-c4ccc(C(F)(F)F)cc4)cnc3cn2)nc1. The minimum Gasteiger partial charge on any atom is -0.296 e. The maximum absolute atomic E-state index is 12.9. The third kappa shape index (κ3) is 3.98. The van der Waals surface area contributed by atoms with Crippen LogP contribution in [-0.4, -0.2) is 32.3 Å². The topological polar surface area (TPSA) is 63.4 Å². The van der Waals surface area contributed by atoms with Crippen molar-refractivity contribution in [1.29, 1.82) is 0 Å². The third-order valence-corrected chi connectivity index (χ3v) is 4.99. The number of hydrogen-bond donors (Lipinski definition) is 0. The molecular weight excluding hydrogens is 407 g/mol. The molecule has 0 saturated heterocycles. The molecule has 0 fully saturated rings. The Hall–Kier alpha value is -3.75. The largest absolute Gasteiger partial charge is 0.416 e. The molecule has 0 spiro atoms. The number of nitrogens with zero attached hydrogens (tertiary/aromatic N) is 5. The number of pyridine rings is 1. The molecule has 3 heterocycles. The lowest BCUT2D eigenvalue weighted by atomic mass is 10.1. The van der Waals surface area contributed by atoms with Crippen molar-refractivity contribution in [3.8, 4) is 11.3 Å². The van der Waals surface area contributed by atoms with Gasteiger partial charge in [0.25, 0.3) is 5.91 Å². The molecule has 0 saturated carbocycles. The highest BCUT2D eigenvalue weighted by molar-refractivity contribution is 6.03. The van der Waals surface area contributed by atoms with Crippen molar-refractivity contribution in [1.82, 2.24) is 19.4 Å². The van der Waals surface area contributed by atoms with Crippen molar-refractivity contribution in [2.24, 2.45) is 0 Å². The fourth-order valence-electron chi connectivity index (χ4n) is 3.14. The minimum absolute atomic E-state index is 0.155. The number of aromatic nitrogens is 4. The van der Waals surface area contributed by atoms with E-state index >= 15 is 0 Å². The summed E-state index contributed by atoms with van der Waals surface area (Å²) >= 11 is 0. The Labute approximate surface area is 176 Å². The number of carbonyl (C=O) groups excluding carboxylic acids is 1. The number of halogens is 3. The van der Waals surface area contributed by atoms with Gasteiger partial charge in [0.2, 0.25) is 0 Å². The van der Waals surface area contributed by atoms with Crippen LogP contribution in [0.4, 0.5) is 19.0 Å². The van der Waals surface area contributed by atoms with Crippen LogP contribution in [-0.2, 0) is 12.6 Å². The fraction of sp³-hybridized carbons (Fsp3) is 0.182. The molecule has 0 unspecified atom stereocenters. The summed E-state index contributed by atoms with van der Waals surface area (Å²) in [5, 5.41) is 0. The maximum Gasteiger partial charge on any atom is 0.416 e. The lowest BCUT2D eigenvalue weighted by Crippen LogP contribution is -2.28. The molecule has 4 aromatic rings. The van der Waals surface area contributed by atoms with Crippen LogP contribution >= 0.6 is 0 Å². The van der Waals surface area contributed by atoms with Crippen LogP contribution in [0.1, 0.15) is 28.5 Å². The predicted octanol–water partition coefficient (Wildman–Crippen LogP) is 4.65. The Morgan fingerprint density at radius 3 is 2.35 bits per heavy atom. The molecule has 1 amide bonds. The van der Waals surface area contributed by atoms with Crippen molar-refractivity contribution < 1.29 is 18.0 Å². The molecule has 0 N–H and O–H groups in total. The first-order valence-electron chi connectivity index (χ1n) is 9.51. The first-order chi connectivity index (χ1) is 14.8. The molecule has 0 atom stereocenters. The van der Waals surface area contributed by atoms with Crippen molar-refractivity contribution in [3.63, 3.8) is 0 Å². The lowest BCUT2D eigenvalue weighted by Gasteiger charge is -2.16. The molecule has 0 aliphatic heterocycles. The second-order valence-corrected chi connectivity index (χ2v) is 6.96. The van der Waals surface area contributed by atoms with E-state index in [4.69, 9.17) is 0 Å². The Bertz CT molecular complexity index is 1230. The van der Waals surface area contributed by atoms with Gasteiger partial charge in [-0.15, -0.1) is 0 Å². The summed E-state index contributed by atoms with van der Waals surface area (Å²) in [6, 6.07) is 8.45. The number of hydrogen-bond acceptors (Lipinski definition) is 4. The number of benzene rings is 1. The quantitative estimate of drug-likeness (QED) is 0.478. The lowest BCUT2D eigenvalue weighted by molar-refractivity contribution is -0.137. The first kappa shape index (κ1) is 20.5. The van der Waals surface area contributed by atoms with Gasteiger partial charge >= 0.3 is 6.18 Å². The summed E-state index contributed by atoms with van der Waals surface area (Å²) < 4.78 is 40.2. The summed E-state index contributed by atoms with van der Waals surface area (Å²) in [7, 11) is 1.60. The van der Waals surface area contributed by atoms with E-state index in [0.29, 0.717) is 22.7 Å². The Morgan fingerprint density at radius 1 is 1.00 bits per heavy atom. The van der Waals surface area contributed by atoms with Crippen LogP contribution in [0.15, 0.2) is 61.2 Å². The molecule has 3 aromatic heterocycles. The van der Waals surface area contributed by atoms with Crippen LogP contribution in [0, 0.1) is 0 Å². The average molecular weight is 425 g/mol. The van der Waals surface area contributed by atoms with E-state index < -0.39 is 11.7 Å². The summed E-state index contributed by atoms with van der Waals surface area (Å²) in [6.07, 6.45) is 2.65. The van der Waals surface area contributed by atoms with Crippen molar-refractivity contribution in [2.75, 3.05) is 11.9 Å². The van der Waals surface area contributed by atoms with Gasteiger partial charge in [-0.1, -0.05) is 25.1 Å².